The van der Waals surface area contributed by atoms with Crippen LogP contribution in [0.25, 0.3) is 0 Å². The number of hydrogen-bond acceptors (Lipinski definition) is 4. The zero-order valence-corrected chi connectivity index (χ0v) is 10.1. The molecule has 0 saturated carbocycles. The number of carbonyl (C=O) groups is 2. The summed E-state index contributed by atoms with van der Waals surface area (Å²) in [5.41, 5.74) is 0.302. The summed E-state index contributed by atoms with van der Waals surface area (Å²) < 4.78 is 0. The molecule has 2 rings (SSSR count). The molecular weight excluding hydrogens is 234 g/mol. The molecule has 0 radical (unpaired) electrons. The second-order valence-electron chi connectivity index (χ2n) is 4.49. The minimum absolute atomic E-state index is 0.0196. The van der Waals surface area contributed by atoms with Crippen LogP contribution in [-0.4, -0.2) is 53.0 Å². The van der Waals surface area contributed by atoms with Crippen LogP contribution in [0.1, 0.15) is 27.1 Å². The van der Waals surface area contributed by atoms with Crippen molar-refractivity contribution in [3.63, 3.8) is 0 Å². The van der Waals surface area contributed by atoms with Gasteiger partial charge >= 0.3 is 5.97 Å². The first-order valence-corrected chi connectivity index (χ1v) is 5.74. The van der Waals surface area contributed by atoms with Crippen LogP contribution >= 0.6 is 0 Å². The van der Waals surface area contributed by atoms with Gasteiger partial charge in [0, 0.05) is 25.0 Å². The number of amides is 1. The largest absolute Gasteiger partial charge is 0.478 e. The zero-order valence-electron chi connectivity index (χ0n) is 10.1. The summed E-state index contributed by atoms with van der Waals surface area (Å²) in [4.78, 5) is 28.6. The van der Waals surface area contributed by atoms with E-state index >= 15 is 0 Å². The highest BCUT2D eigenvalue weighted by Gasteiger charge is 2.21. The molecular formula is C12H15N3O3. The van der Waals surface area contributed by atoms with Crippen molar-refractivity contribution in [1.82, 2.24) is 15.2 Å². The fourth-order valence-electron chi connectivity index (χ4n) is 2.00. The summed E-state index contributed by atoms with van der Waals surface area (Å²) in [5.74, 6) is -1.36. The fourth-order valence-corrected chi connectivity index (χ4v) is 2.00. The SMILES string of the molecule is CN1CCC(NC(=O)c2cncc(C(=O)O)c2)C1. The standard InChI is InChI=1S/C12H15N3O3/c1-15-3-2-10(7-15)14-11(16)8-4-9(12(17)18)6-13-5-8/h4-6,10H,2-3,7H2,1H3,(H,14,16)(H,17,18). The minimum atomic E-state index is -1.09. The first-order valence-electron chi connectivity index (χ1n) is 5.74. The summed E-state index contributed by atoms with van der Waals surface area (Å²) in [7, 11) is 2.00. The average molecular weight is 249 g/mol. The van der Waals surface area contributed by atoms with E-state index in [2.05, 4.69) is 15.2 Å². The van der Waals surface area contributed by atoms with Crippen molar-refractivity contribution in [2.45, 2.75) is 12.5 Å². The van der Waals surface area contributed by atoms with E-state index in [0.29, 0.717) is 0 Å². The van der Waals surface area contributed by atoms with Gasteiger partial charge in [-0.1, -0.05) is 0 Å². The van der Waals surface area contributed by atoms with Gasteiger partial charge in [0.05, 0.1) is 11.1 Å². The van der Waals surface area contributed by atoms with Gasteiger partial charge in [-0.15, -0.1) is 0 Å². The lowest BCUT2D eigenvalue weighted by molar-refractivity contribution is 0.0696. The molecule has 1 aliphatic heterocycles. The molecule has 1 aromatic rings. The van der Waals surface area contributed by atoms with Gasteiger partial charge in [0.15, 0.2) is 0 Å². The van der Waals surface area contributed by atoms with E-state index in [4.69, 9.17) is 5.11 Å². The number of hydrogen-bond donors (Lipinski definition) is 2. The fraction of sp³-hybridized carbons (Fsp3) is 0.417. The van der Waals surface area contributed by atoms with Crippen LogP contribution in [0.2, 0.25) is 0 Å². The van der Waals surface area contributed by atoms with Gasteiger partial charge in [-0.25, -0.2) is 4.79 Å². The highest BCUT2D eigenvalue weighted by atomic mass is 16.4. The highest BCUT2D eigenvalue weighted by molar-refractivity contribution is 5.97. The van der Waals surface area contributed by atoms with Gasteiger partial charge in [0.2, 0.25) is 0 Å². The number of aromatic carboxylic acids is 1. The van der Waals surface area contributed by atoms with E-state index in [1.54, 1.807) is 0 Å². The third kappa shape index (κ3) is 2.84. The normalized spacial score (nSPS) is 19.7. The second-order valence-corrected chi connectivity index (χ2v) is 4.49. The number of nitrogens with one attached hydrogen (secondary N) is 1. The Hall–Kier alpha value is -1.95. The van der Waals surface area contributed by atoms with Gasteiger partial charge in [0.25, 0.3) is 5.91 Å². The van der Waals surface area contributed by atoms with Crippen LogP contribution in [-0.2, 0) is 0 Å². The van der Waals surface area contributed by atoms with Crippen LogP contribution in [0, 0.1) is 0 Å². The second kappa shape index (κ2) is 5.14. The minimum Gasteiger partial charge on any atom is -0.478 e. The molecule has 1 atom stereocenters. The average Bonchev–Trinajstić information content (AvgIpc) is 2.75. The van der Waals surface area contributed by atoms with Crippen LogP contribution < -0.4 is 5.32 Å². The number of carboxylic acids is 1. The number of likely N-dealkylation sites (N-methyl/N-ethyl adjacent to an activating group) is 1. The van der Waals surface area contributed by atoms with E-state index < -0.39 is 5.97 Å². The molecule has 1 saturated heterocycles. The maximum atomic E-state index is 11.9. The van der Waals surface area contributed by atoms with E-state index in [9.17, 15) is 9.59 Å². The summed E-state index contributed by atoms with van der Waals surface area (Å²) in [5, 5.41) is 11.7. The van der Waals surface area contributed by atoms with E-state index in [0.717, 1.165) is 19.5 Å². The Labute approximate surface area is 105 Å². The number of carbonyl (C=O) groups excluding carboxylic acids is 1. The zero-order chi connectivity index (χ0) is 13.1. The molecule has 1 aromatic heterocycles. The molecule has 6 nitrogen and oxygen atoms in total. The summed E-state index contributed by atoms with van der Waals surface area (Å²) in [6, 6.07) is 1.46. The summed E-state index contributed by atoms with van der Waals surface area (Å²) >= 11 is 0. The number of carboxylic acid groups (broad SMARTS) is 1. The van der Waals surface area contributed by atoms with Gasteiger partial charge in [0.1, 0.15) is 0 Å². The Bertz CT molecular complexity index is 475. The monoisotopic (exact) mass is 249 g/mol. The molecule has 1 fully saturated rings. The lowest BCUT2D eigenvalue weighted by Crippen LogP contribution is -2.36. The molecule has 0 spiro atoms. The number of rotatable bonds is 3. The maximum absolute atomic E-state index is 11.9. The van der Waals surface area contributed by atoms with Crippen molar-refractivity contribution >= 4 is 11.9 Å². The number of aromatic nitrogens is 1. The lowest BCUT2D eigenvalue weighted by atomic mass is 10.2. The quantitative estimate of drug-likeness (QED) is 0.800. The number of pyridine rings is 1. The number of nitrogens with zero attached hydrogens (tertiary/aromatic N) is 2. The lowest BCUT2D eigenvalue weighted by Gasteiger charge is -2.12. The van der Waals surface area contributed by atoms with Crippen LogP contribution in [0.4, 0.5) is 0 Å². The van der Waals surface area contributed by atoms with Crippen LogP contribution in [0.3, 0.4) is 0 Å². The molecule has 0 aliphatic carbocycles. The number of likely N-dealkylation sites (tertiary alicyclic amines) is 1. The van der Waals surface area contributed by atoms with Crippen molar-refractivity contribution in [2.75, 3.05) is 20.1 Å². The predicted molar refractivity (Wildman–Crippen MR) is 64.6 cm³/mol. The van der Waals surface area contributed by atoms with E-state index in [1.807, 2.05) is 7.05 Å². The molecule has 2 N–H and O–H groups in total. The molecule has 0 bridgehead atoms. The van der Waals surface area contributed by atoms with Gasteiger partial charge < -0.3 is 15.3 Å². The first-order chi connectivity index (χ1) is 8.56. The van der Waals surface area contributed by atoms with E-state index in [1.165, 1.54) is 18.5 Å². The molecule has 96 valence electrons. The predicted octanol–water partition coefficient (Wildman–Crippen LogP) is 0.214. The Morgan fingerprint density at radius 3 is 2.78 bits per heavy atom. The molecule has 2 heterocycles. The topological polar surface area (TPSA) is 82.5 Å². The van der Waals surface area contributed by atoms with E-state index in [-0.39, 0.29) is 23.1 Å². The summed E-state index contributed by atoms with van der Waals surface area (Å²) in [6.45, 7) is 1.77. The molecule has 1 aliphatic rings. The summed E-state index contributed by atoms with van der Waals surface area (Å²) in [6.07, 6.45) is 3.51. The Morgan fingerprint density at radius 2 is 2.17 bits per heavy atom. The molecule has 0 aromatic carbocycles. The van der Waals surface area contributed by atoms with Crippen molar-refractivity contribution in [3.8, 4) is 0 Å². The van der Waals surface area contributed by atoms with Crippen LogP contribution in [0.15, 0.2) is 18.5 Å². The molecule has 6 heteroatoms. The van der Waals surface area contributed by atoms with Gasteiger partial charge in [-0.05, 0) is 26.1 Å². The maximum Gasteiger partial charge on any atom is 0.337 e. The van der Waals surface area contributed by atoms with Gasteiger partial charge in [-0.2, -0.15) is 0 Å². The Morgan fingerprint density at radius 1 is 1.44 bits per heavy atom. The highest BCUT2D eigenvalue weighted by Crippen LogP contribution is 2.08. The Kier molecular flexibility index (Phi) is 3.57. The van der Waals surface area contributed by atoms with Gasteiger partial charge in [-0.3, -0.25) is 9.78 Å². The van der Waals surface area contributed by atoms with Crippen molar-refractivity contribution in [3.05, 3.63) is 29.6 Å². The third-order valence-electron chi connectivity index (χ3n) is 2.97. The molecule has 18 heavy (non-hydrogen) atoms. The van der Waals surface area contributed by atoms with Crippen molar-refractivity contribution in [1.29, 1.82) is 0 Å². The molecule has 1 unspecified atom stereocenters. The smallest absolute Gasteiger partial charge is 0.337 e. The first kappa shape index (κ1) is 12.5. The third-order valence-corrected chi connectivity index (χ3v) is 2.97. The van der Waals surface area contributed by atoms with Crippen molar-refractivity contribution < 1.29 is 14.7 Å². The Balaban J connectivity index is 2.04. The van der Waals surface area contributed by atoms with Crippen molar-refractivity contribution in [2.24, 2.45) is 0 Å². The van der Waals surface area contributed by atoms with Crippen LogP contribution in [0.5, 0.6) is 0 Å². The molecule has 1 amide bonds.